The Morgan fingerprint density at radius 2 is 1.85 bits per heavy atom. The van der Waals surface area contributed by atoms with Crippen molar-refractivity contribution in [3.05, 3.63) is 48.0 Å². The fraction of sp³-hybridized carbons (Fsp3) is 0.133. The molecule has 0 saturated carbocycles. The zero-order valence-electron chi connectivity index (χ0n) is 10.6. The number of fused-ring (bicyclic) bond motifs is 1. The highest BCUT2D eigenvalue weighted by Crippen LogP contribution is 2.34. The maximum absolute atomic E-state index is 12.3. The van der Waals surface area contributed by atoms with Gasteiger partial charge in [-0.25, -0.2) is 0 Å². The van der Waals surface area contributed by atoms with E-state index in [9.17, 15) is 9.90 Å². The second kappa shape index (κ2) is 5.13. The Hall–Kier alpha value is -2.69. The molecule has 0 spiro atoms. The lowest BCUT2D eigenvalue weighted by Crippen LogP contribution is -2.20. The largest absolute Gasteiger partial charge is 0.506 e. The summed E-state index contributed by atoms with van der Waals surface area (Å²) in [5.41, 5.74) is 0.734. The third-order valence-corrected chi connectivity index (χ3v) is 2.96. The molecule has 1 aliphatic heterocycles. The number of benzene rings is 2. The molecule has 0 aliphatic carbocycles. The number of ether oxygens (including phenoxy) is 2. The average Bonchev–Trinajstić information content (AvgIpc) is 2.49. The molecule has 0 fully saturated rings. The number of rotatable bonds is 2. The van der Waals surface area contributed by atoms with Crippen LogP contribution < -0.4 is 14.8 Å². The molecule has 1 heterocycles. The number of anilines is 1. The zero-order valence-corrected chi connectivity index (χ0v) is 10.6. The molecule has 102 valence electrons. The molecule has 0 unspecified atom stereocenters. The highest BCUT2D eigenvalue weighted by molar-refractivity contribution is 6.07. The van der Waals surface area contributed by atoms with Gasteiger partial charge in [0.2, 0.25) is 0 Å². The fourth-order valence-electron chi connectivity index (χ4n) is 2.02. The molecule has 0 atom stereocenters. The van der Waals surface area contributed by atoms with Gasteiger partial charge in [-0.05, 0) is 24.3 Å². The Morgan fingerprint density at radius 1 is 1.05 bits per heavy atom. The minimum atomic E-state index is -0.353. The van der Waals surface area contributed by atoms with E-state index >= 15 is 0 Å². The summed E-state index contributed by atoms with van der Waals surface area (Å²) in [5, 5.41) is 12.3. The Bertz CT molecular complexity index is 654. The van der Waals surface area contributed by atoms with Crippen molar-refractivity contribution in [2.45, 2.75) is 0 Å². The smallest absolute Gasteiger partial charge is 0.259 e. The summed E-state index contributed by atoms with van der Waals surface area (Å²) in [6.07, 6.45) is 0. The van der Waals surface area contributed by atoms with E-state index in [1.807, 2.05) is 0 Å². The van der Waals surface area contributed by atoms with E-state index in [4.69, 9.17) is 9.47 Å². The third-order valence-electron chi connectivity index (χ3n) is 2.96. The van der Waals surface area contributed by atoms with Crippen molar-refractivity contribution in [3.63, 3.8) is 0 Å². The van der Waals surface area contributed by atoms with Gasteiger partial charge in [0.15, 0.2) is 11.5 Å². The van der Waals surface area contributed by atoms with Gasteiger partial charge in [0.1, 0.15) is 19.0 Å². The van der Waals surface area contributed by atoms with Crippen LogP contribution in [0.5, 0.6) is 17.2 Å². The first-order valence-electron chi connectivity index (χ1n) is 6.23. The summed E-state index contributed by atoms with van der Waals surface area (Å²) in [6.45, 7) is 0.880. The quantitative estimate of drug-likeness (QED) is 0.823. The van der Waals surface area contributed by atoms with Crippen LogP contribution in [-0.2, 0) is 0 Å². The Labute approximate surface area is 115 Å². The molecule has 0 saturated heterocycles. The van der Waals surface area contributed by atoms with Gasteiger partial charge in [-0.3, -0.25) is 4.79 Å². The molecule has 20 heavy (non-hydrogen) atoms. The number of amides is 1. The molecule has 0 aromatic heterocycles. The summed E-state index contributed by atoms with van der Waals surface area (Å²) >= 11 is 0. The topological polar surface area (TPSA) is 67.8 Å². The number of carbonyl (C=O) groups is 1. The second-order valence-corrected chi connectivity index (χ2v) is 4.30. The van der Waals surface area contributed by atoms with Gasteiger partial charge in [-0.1, -0.05) is 18.2 Å². The van der Waals surface area contributed by atoms with Crippen LogP contribution in [0.15, 0.2) is 42.5 Å². The molecule has 2 N–H and O–H groups in total. The second-order valence-electron chi connectivity index (χ2n) is 4.30. The predicted molar refractivity (Wildman–Crippen MR) is 73.5 cm³/mol. The standard InChI is InChI=1S/C15H13NO4/c17-12-6-2-1-5-11(12)16-15(18)10-4-3-7-13-14(10)20-9-8-19-13/h1-7,17H,8-9H2,(H,16,18). The first kappa shape index (κ1) is 12.3. The van der Waals surface area contributed by atoms with E-state index in [2.05, 4.69) is 5.32 Å². The van der Waals surface area contributed by atoms with Crippen LogP contribution in [0.4, 0.5) is 5.69 Å². The van der Waals surface area contributed by atoms with E-state index in [-0.39, 0.29) is 11.7 Å². The Morgan fingerprint density at radius 3 is 2.70 bits per heavy atom. The molecule has 3 rings (SSSR count). The van der Waals surface area contributed by atoms with E-state index in [1.54, 1.807) is 36.4 Å². The summed E-state index contributed by atoms with van der Waals surface area (Å²) in [4.78, 5) is 12.3. The number of para-hydroxylation sites is 3. The molecular weight excluding hydrogens is 258 g/mol. The van der Waals surface area contributed by atoms with Crippen LogP contribution in [0.1, 0.15) is 10.4 Å². The van der Waals surface area contributed by atoms with Crippen LogP contribution in [0.2, 0.25) is 0 Å². The molecule has 0 radical (unpaired) electrons. The van der Waals surface area contributed by atoms with Crippen LogP contribution in [0.3, 0.4) is 0 Å². The molecule has 1 aliphatic rings. The molecular formula is C15H13NO4. The van der Waals surface area contributed by atoms with Gasteiger partial charge in [-0.15, -0.1) is 0 Å². The first-order valence-corrected chi connectivity index (χ1v) is 6.23. The van der Waals surface area contributed by atoms with Gasteiger partial charge < -0.3 is 19.9 Å². The molecule has 2 aromatic carbocycles. The summed E-state index contributed by atoms with van der Waals surface area (Å²) in [5.74, 6) is 0.657. The number of phenols is 1. The highest BCUT2D eigenvalue weighted by atomic mass is 16.6. The van der Waals surface area contributed by atoms with E-state index in [0.29, 0.717) is 36.0 Å². The Kier molecular flexibility index (Phi) is 3.16. The minimum Gasteiger partial charge on any atom is -0.506 e. The van der Waals surface area contributed by atoms with E-state index < -0.39 is 0 Å². The number of aromatic hydroxyl groups is 1. The van der Waals surface area contributed by atoms with Gasteiger partial charge >= 0.3 is 0 Å². The van der Waals surface area contributed by atoms with Crippen LogP contribution in [0.25, 0.3) is 0 Å². The van der Waals surface area contributed by atoms with Crippen molar-refractivity contribution < 1.29 is 19.4 Å². The minimum absolute atomic E-state index is 0.0165. The van der Waals surface area contributed by atoms with Crippen molar-refractivity contribution in [3.8, 4) is 17.2 Å². The first-order chi connectivity index (χ1) is 9.75. The van der Waals surface area contributed by atoms with Crippen molar-refractivity contribution >= 4 is 11.6 Å². The molecule has 1 amide bonds. The SMILES string of the molecule is O=C(Nc1ccccc1O)c1cccc2c1OCCO2. The van der Waals surface area contributed by atoms with E-state index in [0.717, 1.165) is 0 Å². The monoisotopic (exact) mass is 271 g/mol. The van der Waals surface area contributed by atoms with Crippen molar-refractivity contribution in [2.75, 3.05) is 18.5 Å². The lowest BCUT2D eigenvalue weighted by atomic mass is 10.1. The van der Waals surface area contributed by atoms with Gasteiger partial charge in [0, 0.05) is 0 Å². The lowest BCUT2D eigenvalue weighted by molar-refractivity contribution is 0.101. The lowest BCUT2D eigenvalue weighted by Gasteiger charge is -2.20. The van der Waals surface area contributed by atoms with Crippen molar-refractivity contribution in [1.82, 2.24) is 0 Å². The molecule has 0 bridgehead atoms. The number of carbonyl (C=O) groups excluding carboxylic acids is 1. The average molecular weight is 271 g/mol. The van der Waals surface area contributed by atoms with Crippen LogP contribution in [-0.4, -0.2) is 24.2 Å². The van der Waals surface area contributed by atoms with Crippen LogP contribution in [0, 0.1) is 0 Å². The number of phenolic OH excluding ortho intramolecular Hbond substituents is 1. The number of nitrogens with one attached hydrogen (secondary N) is 1. The number of hydrogen-bond donors (Lipinski definition) is 2. The van der Waals surface area contributed by atoms with Gasteiger partial charge in [0.25, 0.3) is 5.91 Å². The van der Waals surface area contributed by atoms with Crippen molar-refractivity contribution in [1.29, 1.82) is 0 Å². The van der Waals surface area contributed by atoms with E-state index in [1.165, 1.54) is 6.07 Å². The highest BCUT2D eigenvalue weighted by Gasteiger charge is 2.20. The Balaban J connectivity index is 1.90. The number of hydrogen-bond acceptors (Lipinski definition) is 4. The summed E-state index contributed by atoms with van der Waals surface area (Å²) in [7, 11) is 0. The summed E-state index contributed by atoms with van der Waals surface area (Å²) < 4.78 is 10.9. The van der Waals surface area contributed by atoms with Gasteiger partial charge in [-0.2, -0.15) is 0 Å². The summed E-state index contributed by atoms with van der Waals surface area (Å²) in [6, 6.07) is 11.7. The molecule has 5 nitrogen and oxygen atoms in total. The van der Waals surface area contributed by atoms with Crippen LogP contribution >= 0.6 is 0 Å². The van der Waals surface area contributed by atoms with Crippen molar-refractivity contribution in [2.24, 2.45) is 0 Å². The molecule has 2 aromatic rings. The normalized spacial score (nSPS) is 12.8. The maximum atomic E-state index is 12.3. The zero-order chi connectivity index (χ0) is 13.9. The third kappa shape index (κ3) is 2.25. The predicted octanol–water partition coefficient (Wildman–Crippen LogP) is 2.42. The fourth-order valence-corrected chi connectivity index (χ4v) is 2.02. The molecule has 5 heteroatoms. The van der Waals surface area contributed by atoms with Gasteiger partial charge in [0.05, 0.1) is 11.3 Å². The maximum Gasteiger partial charge on any atom is 0.259 e.